The zero-order chi connectivity index (χ0) is 11.8. The number of aryl methyl sites for hydroxylation is 1. The summed E-state index contributed by atoms with van der Waals surface area (Å²) in [6.07, 6.45) is 3.77. The fourth-order valence-electron chi connectivity index (χ4n) is 2.11. The van der Waals surface area contributed by atoms with Crippen LogP contribution in [0.25, 0.3) is 5.69 Å². The molecule has 0 atom stereocenters. The first-order valence-corrected chi connectivity index (χ1v) is 6.13. The molecule has 0 radical (unpaired) electrons. The highest BCUT2D eigenvalue weighted by Gasteiger charge is 2.23. The summed E-state index contributed by atoms with van der Waals surface area (Å²) in [5, 5.41) is 4.05. The third-order valence-corrected chi connectivity index (χ3v) is 3.53. The van der Waals surface area contributed by atoms with Gasteiger partial charge in [0.15, 0.2) is 0 Å². The predicted molar refractivity (Wildman–Crippen MR) is 68.9 cm³/mol. The number of aromatic nitrogens is 2. The van der Waals surface area contributed by atoms with Crippen LogP contribution in [0.4, 0.5) is 0 Å². The van der Waals surface area contributed by atoms with E-state index in [9.17, 15) is 0 Å². The van der Waals surface area contributed by atoms with Crippen LogP contribution in [0.1, 0.15) is 17.2 Å². The Bertz CT molecular complexity index is 543. The van der Waals surface area contributed by atoms with Gasteiger partial charge in [-0.2, -0.15) is 0 Å². The second-order valence-corrected chi connectivity index (χ2v) is 4.91. The molecular formula is C13H14ClN3. The lowest BCUT2D eigenvalue weighted by Gasteiger charge is -2.28. The summed E-state index contributed by atoms with van der Waals surface area (Å²) in [6.45, 7) is 4.09. The summed E-state index contributed by atoms with van der Waals surface area (Å²) in [7, 11) is 0. The molecule has 88 valence electrons. The molecule has 4 heteroatoms. The van der Waals surface area contributed by atoms with E-state index < -0.39 is 0 Å². The van der Waals surface area contributed by atoms with Crippen molar-refractivity contribution in [1.29, 1.82) is 0 Å². The number of benzene rings is 1. The summed E-state index contributed by atoms with van der Waals surface area (Å²) < 4.78 is 2.09. The first kappa shape index (κ1) is 10.8. The predicted octanol–water partition coefficient (Wildman–Crippen LogP) is 2.52. The molecular weight excluding hydrogens is 234 g/mol. The van der Waals surface area contributed by atoms with E-state index in [1.807, 2.05) is 25.5 Å². The van der Waals surface area contributed by atoms with Crippen molar-refractivity contribution in [2.45, 2.75) is 12.8 Å². The molecule has 17 heavy (non-hydrogen) atoms. The summed E-state index contributed by atoms with van der Waals surface area (Å²) in [4.78, 5) is 4.24. The van der Waals surface area contributed by atoms with Crippen LogP contribution in [0.15, 0.2) is 30.7 Å². The maximum absolute atomic E-state index is 6.29. The van der Waals surface area contributed by atoms with Crippen molar-refractivity contribution in [2.75, 3.05) is 13.1 Å². The van der Waals surface area contributed by atoms with E-state index in [4.69, 9.17) is 11.6 Å². The minimum absolute atomic E-state index is 0.551. The Labute approximate surface area is 105 Å². The molecule has 0 saturated carbocycles. The van der Waals surface area contributed by atoms with Crippen molar-refractivity contribution in [1.82, 2.24) is 14.9 Å². The zero-order valence-corrected chi connectivity index (χ0v) is 10.4. The van der Waals surface area contributed by atoms with Crippen molar-refractivity contribution in [3.63, 3.8) is 0 Å². The van der Waals surface area contributed by atoms with Crippen LogP contribution in [-0.2, 0) is 0 Å². The average molecular weight is 248 g/mol. The lowest BCUT2D eigenvalue weighted by molar-refractivity contribution is 0.435. The number of hydrogen-bond donors (Lipinski definition) is 1. The molecule has 1 aliphatic heterocycles. The Balaban J connectivity index is 2.05. The van der Waals surface area contributed by atoms with Crippen LogP contribution in [0.2, 0.25) is 5.02 Å². The Morgan fingerprint density at radius 1 is 1.41 bits per heavy atom. The Morgan fingerprint density at radius 2 is 2.24 bits per heavy atom. The van der Waals surface area contributed by atoms with Crippen LogP contribution in [-0.4, -0.2) is 22.6 Å². The van der Waals surface area contributed by atoms with Crippen molar-refractivity contribution in [3.8, 4) is 5.69 Å². The van der Waals surface area contributed by atoms with Crippen molar-refractivity contribution in [3.05, 3.63) is 47.0 Å². The molecule has 1 N–H and O–H groups in total. The summed E-state index contributed by atoms with van der Waals surface area (Å²) >= 11 is 6.29. The van der Waals surface area contributed by atoms with E-state index in [2.05, 4.69) is 27.0 Å². The van der Waals surface area contributed by atoms with Gasteiger partial charge in [-0.25, -0.2) is 4.98 Å². The van der Waals surface area contributed by atoms with Crippen molar-refractivity contribution < 1.29 is 0 Å². The maximum atomic E-state index is 6.29. The Hall–Kier alpha value is -1.32. The molecule has 0 amide bonds. The summed E-state index contributed by atoms with van der Waals surface area (Å²) in [6, 6.07) is 6.11. The average Bonchev–Trinajstić information content (AvgIpc) is 2.64. The van der Waals surface area contributed by atoms with Crippen LogP contribution >= 0.6 is 11.6 Å². The molecule has 3 nitrogen and oxygen atoms in total. The van der Waals surface area contributed by atoms with Crippen LogP contribution in [0, 0.1) is 6.92 Å². The number of nitrogens with one attached hydrogen (secondary N) is 1. The van der Waals surface area contributed by atoms with Crippen LogP contribution in [0.5, 0.6) is 0 Å². The van der Waals surface area contributed by atoms with Gasteiger partial charge in [0, 0.05) is 30.9 Å². The van der Waals surface area contributed by atoms with Gasteiger partial charge in [-0.1, -0.05) is 17.7 Å². The van der Waals surface area contributed by atoms with Gasteiger partial charge < -0.3 is 9.88 Å². The molecule has 3 rings (SSSR count). The van der Waals surface area contributed by atoms with E-state index in [1.165, 1.54) is 11.3 Å². The van der Waals surface area contributed by atoms with Gasteiger partial charge >= 0.3 is 0 Å². The van der Waals surface area contributed by atoms with Gasteiger partial charge in [0.1, 0.15) is 0 Å². The Morgan fingerprint density at radius 3 is 2.88 bits per heavy atom. The normalized spacial score (nSPS) is 15.9. The monoisotopic (exact) mass is 247 g/mol. The second kappa shape index (κ2) is 4.17. The van der Waals surface area contributed by atoms with Crippen LogP contribution in [0.3, 0.4) is 0 Å². The molecule has 0 bridgehead atoms. The first-order valence-electron chi connectivity index (χ1n) is 5.75. The number of halogens is 1. The van der Waals surface area contributed by atoms with Gasteiger partial charge in [0.2, 0.25) is 0 Å². The number of hydrogen-bond acceptors (Lipinski definition) is 2. The van der Waals surface area contributed by atoms with Crippen LogP contribution < -0.4 is 5.32 Å². The molecule has 2 heterocycles. The SMILES string of the molecule is Cc1ccc(-n2cncc2C2CNC2)c(Cl)c1. The molecule has 1 aromatic heterocycles. The van der Waals surface area contributed by atoms with E-state index >= 15 is 0 Å². The highest BCUT2D eigenvalue weighted by Crippen LogP contribution is 2.27. The lowest BCUT2D eigenvalue weighted by Crippen LogP contribution is -2.40. The number of nitrogens with zero attached hydrogens (tertiary/aromatic N) is 2. The van der Waals surface area contributed by atoms with E-state index in [0.717, 1.165) is 23.8 Å². The molecule has 0 unspecified atom stereocenters. The van der Waals surface area contributed by atoms with Crippen molar-refractivity contribution in [2.24, 2.45) is 0 Å². The topological polar surface area (TPSA) is 29.9 Å². The van der Waals surface area contributed by atoms with Gasteiger partial charge in [0.25, 0.3) is 0 Å². The van der Waals surface area contributed by atoms with Gasteiger partial charge in [0.05, 0.1) is 17.0 Å². The number of imidazole rings is 1. The first-order chi connectivity index (χ1) is 8.25. The molecule has 0 spiro atoms. The minimum Gasteiger partial charge on any atom is -0.315 e. The van der Waals surface area contributed by atoms with Gasteiger partial charge in [-0.3, -0.25) is 0 Å². The molecule has 1 aliphatic rings. The molecule has 1 aromatic carbocycles. The third kappa shape index (κ3) is 1.85. The Kier molecular flexibility index (Phi) is 2.65. The highest BCUT2D eigenvalue weighted by atomic mass is 35.5. The van der Waals surface area contributed by atoms with Gasteiger partial charge in [-0.15, -0.1) is 0 Å². The molecule has 1 fully saturated rings. The summed E-state index contributed by atoms with van der Waals surface area (Å²) in [5.41, 5.74) is 3.41. The molecule has 2 aromatic rings. The zero-order valence-electron chi connectivity index (χ0n) is 9.65. The van der Waals surface area contributed by atoms with E-state index in [-0.39, 0.29) is 0 Å². The number of rotatable bonds is 2. The molecule has 1 saturated heterocycles. The lowest BCUT2D eigenvalue weighted by atomic mass is 10.00. The van der Waals surface area contributed by atoms with Crippen molar-refractivity contribution >= 4 is 11.6 Å². The van der Waals surface area contributed by atoms with E-state index in [1.54, 1.807) is 0 Å². The fraction of sp³-hybridized carbons (Fsp3) is 0.308. The second-order valence-electron chi connectivity index (χ2n) is 4.50. The van der Waals surface area contributed by atoms with E-state index in [0.29, 0.717) is 5.92 Å². The highest BCUT2D eigenvalue weighted by molar-refractivity contribution is 6.32. The maximum Gasteiger partial charge on any atom is 0.0994 e. The third-order valence-electron chi connectivity index (χ3n) is 3.23. The van der Waals surface area contributed by atoms with Gasteiger partial charge in [-0.05, 0) is 24.6 Å². The smallest absolute Gasteiger partial charge is 0.0994 e. The summed E-state index contributed by atoms with van der Waals surface area (Å²) in [5.74, 6) is 0.551. The molecule has 0 aliphatic carbocycles. The standard InChI is InChI=1S/C13H14ClN3/c1-9-2-3-12(11(14)4-9)17-8-16-7-13(17)10-5-15-6-10/h2-4,7-8,10,15H,5-6H2,1H3. The minimum atomic E-state index is 0.551. The fourth-order valence-corrected chi connectivity index (χ4v) is 2.44. The quantitative estimate of drug-likeness (QED) is 0.884. The largest absolute Gasteiger partial charge is 0.315 e.